The van der Waals surface area contributed by atoms with Gasteiger partial charge in [0.05, 0.1) is 47.6 Å². The van der Waals surface area contributed by atoms with Gasteiger partial charge in [-0.1, -0.05) is 183 Å². The Morgan fingerprint density at radius 3 is 0.769 bits per heavy atom. The Kier molecular flexibility index (Phi) is 14.6. The third-order valence-corrected chi connectivity index (χ3v) is 21.4. The zero-order valence-electron chi connectivity index (χ0n) is 42.1. The fourth-order valence-electron chi connectivity index (χ4n) is 9.91. The van der Waals surface area contributed by atoms with Crippen molar-refractivity contribution in [3.8, 4) is 67.5 Å². The maximum absolute atomic E-state index is 13.9. The van der Waals surface area contributed by atoms with Crippen molar-refractivity contribution in [3.63, 3.8) is 0 Å². The smallest absolute Gasteiger partial charge is 0.411 e. The molecule has 0 saturated carbocycles. The molecule has 4 heterocycles. The first-order chi connectivity index (χ1) is 38.1. The zero-order valence-corrected chi connectivity index (χ0v) is 45.7. The first-order valence-corrected chi connectivity index (χ1v) is 31.9. The molecule has 4 aliphatic heterocycles. The molecule has 0 aliphatic carbocycles. The van der Waals surface area contributed by atoms with Gasteiger partial charge in [-0.3, -0.25) is 18.1 Å². The third kappa shape index (κ3) is 10.3. The molecule has 0 N–H and O–H groups in total. The van der Waals surface area contributed by atoms with E-state index in [2.05, 4.69) is 0 Å². The number of unbranched alkanes of at least 4 members (excludes halogenated alkanes) is 3. The molecule has 0 amide bonds. The van der Waals surface area contributed by atoms with Crippen LogP contribution in [-0.2, 0) is 49.6 Å². The minimum Gasteiger partial charge on any atom is -0.421 e. The highest BCUT2D eigenvalue weighted by atomic mass is 31.2. The van der Waals surface area contributed by atoms with E-state index in [1.54, 1.807) is 24.3 Å². The van der Waals surface area contributed by atoms with Crippen LogP contribution in [0.25, 0.3) is 44.5 Å². The average molecular weight is 1110 g/mol. The predicted octanol–water partition coefficient (Wildman–Crippen LogP) is 15.6. The largest absolute Gasteiger partial charge is 0.421 e. The second-order valence-corrected chi connectivity index (χ2v) is 26.5. The van der Waals surface area contributed by atoms with Crippen LogP contribution in [0.5, 0.6) is 23.0 Å². The fraction of sp³-hybridized carbons (Fsp3) is 0.129. The second kappa shape index (κ2) is 22.0. The second-order valence-electron chi connectivity index (χ2n) is 18.9. The first-order valence-electron chi connectivity index (χ1n) is 25.7. The van der Waals surface area contributed by atoms with E-state index in [9.17, 15) is 18.3 Å². The third-order valence-electron chi connectivity index (χ3n) is 13.8. The van der Waals surface area contributed by atoms with Crippen LogP contribution in [0, 0.1) is 0 Å². The molecule has 0 spiro atoms. The fourth-order valence-corrected chi connectivity index (χ4v) is 17.2. The van der Waals surface area contributed by atoms with Gasteiger partial charge in [0.15, 0.2) is 0 Å². The van der Waals surface area contributed by atoms with Gasteiger partial charge in [-0.25, -0.2) is 18.3 Å². The van der Waals surface area contributed by atoms with Gasteiger partial charge in [-0.05, 0) is 72.5 Å². The number of hydrogen-bond donors (Lipinski definition) is 0. The van der Waals surface area contributed by atoms with Crippen LogP contribution in [0.1, 0.15) is 36.8 Å². The van der Waals surface area contributed by atoms with Gasteiger partial charge in [0, 0.05) is 44.5 Å². The Balaban J connectivity index is 0.000000156. The Labute approximate surface area is 453 Å². The molecule has 9 aromatic rings. The molecule has 4 aliphatic rings. The molecule has 78 heavy (non-hydrogen) atoms. The van der Waals surface area contributed by atoms with Crippen molar-refractivity contribution in [1.29, 1.82) is 0 Å². The summed E-state index contributed by atoms with van der Waals surface area (Å²) in [6, 6.07) is 67.7. The van der Waals surface area contributed by atoms with E-state index < -0.39 is 30.4 Å². The maximum atomic E-state index is 13.9. The van der Waals surface area contributed by atoms with E-state index in [1.807, 2.05) is 194 Å². The van der Waals surface area contributed by atoms with Crippen LogP contribution in [0.15, 0.2) is 218 Å². The van der Waals surface area contributed by atoms with Crippen molar-refractivity contribution in [2.75, 3.05) is 13.2 Å². The van der Waals surface area contributed by atoms with Crippen LogP contribution < -0.4 is 39.3 Å². The monoisotopic (exact) mass is 1110 g/mol. The van der Waals surface area contributed by atoms with Gasteiger partial charge in [0.25, 0.3) is 0 Å². The molecule has 13 rings (SSSR count). The van der Waals surface area contributed by atoms with Crippen molar-refractivity contribution in [3.05, 3.63) is 230 Å². The van der Waals surface area contributed by atoms with E-state index in [0.717, 1.165) is 81.3 Å². The van der Waals surface area contributed by atoms with Gasteiger partial charge >= 0.3 is 30.4 Å². The summed E-state index contributed by atoms with van der Waals surface area (Å²) in [6.45, 7) is 0.835. The number of para-hydroxylation sites is 4. The van der Waals surface area contributed by atoms with Gasteiger partial charge in [-0.2, -0.15) is 0 Å². The number of rotatable bonds is 15. The molecule has 392 valence electrons. The van der Waals surface area contributed by atoms with Crippen LogP contribution in [0.4, 0.5) is 0 Å². The molecule has 0 saturated heterocycles. The minimum absolute atomic E-state index is 0.0979. The summed E-state index contributed by atoms with van der Waals surface area (Å²) in [5.74, 6) is 2.24. The maximum Gasteiger partial charge on any atom is 0.411 e. The van der Waals surface area contributed by atoms with Gasteiger partial charge in [-0.15, -0.1) is 0 Å². The lowest BCUT2D eigenvalue weighted by molar-refractivity contribution is 0.253. The highest BCUT2D eigenvalue weighted by molar-refractivity contribution is 7.64. The number of fused-ring (bicyclic) bond motifs is 12. The molecule has 0 aromatic heterocycles. The molecule has 9 aromatic carbocycles. The topological polar surface area (TPSA) is 142 Å². The van der Waals surface area contributed by atoms with E-state index in [1.165, 1.54) is 0 Å². The summed E-state index contributed by atoms with van der Waals surface area (Å²) < 4.78 is 102. The summed E-state index contributed by atoms with van der Waals surface area (Å²) in [7, 11) is -14.1. The molecular weight excluding hydrogens is 1060 g/mol. The molecule has 0 fully saturated rings. The van der Waals surface area contributed by atoms with Crippen molar-refractivity contribution < 1.29 is 54.5 Å². The van der Waals surface area contributed by atoms with Gasteiger partial charge in [0.2, 0.25) is 0 Å². The first kappa shape index (κ1) is 51.7. The standard InChI is InChI=1S/C32H24O6P2.C30H28O6P2/c33-39(31-15-7-3-11-27(31)25-9-1-5-13-29(25)37-39)35-21-23-17-19-24(20-18-23)22-36-40(34)32-16-8-4-12-28(32)26-10-2-6-14-30(26)38-40;31-37(29-19-9-5-15-25(29)23-13-3-7-17-27(23)35-37)33-21-11-1-2-12-22-34-38(32)30-20-10-6-16-26(30)24-14-4-8-18-28(24)36-38/h1-20H,21-22H2;3-10,13-20H,1-2,11-12,21-22H2. The quantitative estimate of drug-likeness (QED) is 0.0712. The lowest BCUT2D eigenvalue weighted by atomic mass is 10.0. The van der Waals surface area contributed by atoms with Crippen molar-refractivity contribution in [2.45, 2.75) is 38.9 Å². The molecule has 0 radical (unpaired) electrons. The van der Waals surface area contributed by atoms with Crippen LogP contribution in [0.3, 0.4) is 0 Å². The Morgan fingerprint density at radius 1 is 0.256 bits per heavy atom. The normalized spacial score (nSPS) is 20.5. The van der Waals surface area contributed by atoms with Crippen LogP contribution >= 0.6 is 30.4 Å². The lowest BCUT2D eigenvalue weighted by Crippen LogP contribution is -2.20. The molecule has 4 unspecified atom stereocenters. The predicted molar refractivity (Wildman–Crippen MR) is 305 cm³/mol. The number of benzene rings is 9. The average Bonchev–Trinajstić information content (AvgIpc) is 3.68. The van der Waals surface area contributed by atoms with Crippen molar-refractivity contribution in [2.24, 2.45) is 0 Å². The van der Waals surface area contributed by atoms with Crippen LogP contribution in [0.2, 0.25) is 0 Å². The van der Waals surface area contributed by atoms with Crippen molar-refractivity contribution >= 4 is 51.6 Å². The Bertz CT molecular complexity index is 3650. The summed E-state index contributed by atoms with van der Waals surface area (Å²) in [6.07, 6.45) is 3.15. The minimum atomic E-state index is -3.59. The van der Waals surface area contributed by atoms with E-state index in [4.69, 9.17) is 36.2 Å². The van der Waals surface area contributed by atoms with E-state index in [0.29, 0.717) is 57.4 Å². The Hall–Kier alpha value is -7.06. The lowest BCUT2D eigenvalue weighted by Gasteiger charge is -2.28. The zero-order chi connectivity index (χ0) is 53.2. The molecule has 12 nitrogen and oxygen atoms in total. The Morgan fingerprint density at radius 2 is 0.487 bits per heavy atom. The van der Waals surface area contributed by atoms with Crippen LogP contribution in [-0.4, -0.2) is 13.2 Å². The van der Waals surface area contributed by atoms with Crippen molar-refractivity contribution in [1.82, 2.24) is 0 Å². The van der Waals surface area contributed by atoms with Gasteiger partial charge in [0.1, 0.15) is 23.0 Å². The highest BCUT2D eigenvalue weighted by Gasteiger charge is 2.41. The summed E-state index contributed by atoms with van der Waals surface area (Å²) in [5.41, 5.74) is 8.74. The molecule has 4 atom stereocenters. The van der Waals surface area contributed by atoms with E-state index in [-0.39, 0.29) is 13.2 Å². The molecular formula is C62H52O12P4. The summed E-state index contributed by atoms with van der Waals surface area (Å²) in [4.78, 5) is 0. The van der Waals surface area contributed by atoms with Gasteiger partial charge < -0.3 is 18.1 Å². The highest BCUT2D eigenvalue weighted by Crippen LogP contribution is 2.59. The molecule has 0 bridgehead atoms. The summed E-state index contributed by atoms with van der Waals surface area (Å²) >= 11 is 0. The molecule has 16 heteroatoms. The van der Waals surface area contributed by atoms with E-state index >= 15 is 0 Å². The summed E-state index contributed by atoms with van der Waals surface area (Å²) in [5, 5.41) is 2.31. The SMILES string of the molecule is O=P1(OCCCCCCOP2(=O)Oc3ccccc3-c3ccccc32)Oc2ccccc2-c2ccccc21.O=P1(OCc2ccc(COP3(=O)Oc4ccccc4-c4ccccc43)cc2)Oc2ccccc2-c2ccccc21. The number of hydrogen-bond acceptors (Lipinski definition) is 12.